The minimum Gasteiger partial charge on any atom is -0.481 e. The summed E-state index contributed by atoms with van der Waals surface area (Å²) in [5.74, 6) is -1.54. The van der Waals surface area contributed by atoms with Gasteiger partial charge in [-0.05, 0) is 66.3 Å². The fourth-order valence-electron chi connectivity index (χ4n) is 4.23. The summed E-state index contributed by atoms with van der Waals surface area (Å²) < 4.78 is 0. The van der Waals surface area contributed by atoms with Crippen LogP contribution in [0.15, 0.2) is 48.7 Å². The summed E-state index contributed by atoms with van der Waals surface area (Å²) in [6, 6.07) is 12.8. The predicted octanol–water partition coefficient (Wildman–Crippen LogP) is 5.92. The monoisotopic (exact) mass is 395 g/mol. The first kappa shape index (κ1) is 18.8. The van der Waals surface area contributed by atoms with E-state index in [-0.39, 0.29) is 12.2 Å². The van der Waals surface area contributed by atoms with E-state index in [9.17, 15) is 14.7 Å². The number of nitrogens with one attached hydrogen (secondary N) is 1. The third-order valence-corrected chi connectivity index (χ3v) is 6.05. The Morgan fingerprint density at radius 3 is 2.50 bits per heavy atom. The van der Waals surface area contributed by atoms with E-state index in [0.29, 0.717) is 22.1 Å². The van der Waals surface area contributed by atoms with Gasteiger partial charge in [0, 0.05) is 34.1 Å². The second kappa shape index (κ2) is 7.80. The zero-order chi connectivity index (χ0) is 19.7. The molecule has 0 bridgehead atoms. The maximum absolute atomic E-state index is 12.7. The minimum absolute atomic E-state index is 0.0857. The maximum Gasteiger partial charge on any atom is 0.311 e. The van der Waals surface area contributed by atoms with E-state index in [4.69, 9.17) is 11.6 Å². The van der Waals surface area contributed by atoms with Crippen molar-refractivity contribution < 1.29 is 14.7 Å². The van der Waals surface area contributed by atoms with Crippen molar-refractivity contribution in [1.82, 2.24) is 4.98 Å². The van der Waals surface area contributed by atoms with Gasteiger partial charge in [-0.1, -0.05) is 30.5 Å². The molecule has 1 fully saturated rings. The topological polar surface area (TPSA) is 70.2 Å². The first-order chi connectivity index (χ1) is 13.5. The molecule has 0 aliphatic heterocycles. The number of fused-ring (bicyclic) bond motifs is 1. The van der Waals surface area contributed by atoms with Gasteiger partial charge < -0.3 is 10.1 Å². The highest BCUT2D eigenvalue weighted by Gasteiger charge is 2.27. The number of carbonyl (C=O) groups is 2. The molecule has 1 unspecified atom stereocenters. The summed E-state index contributed by atoms with van der Waals surface area (Å²) in [7, 11) is 0. The van der Waals surface area contributed by atoms with Gasteiger partial charge in [-0.2, -0.15) is 0 Å². The van der Waals surface area contributed by atoms with Crippen molar-refractivity contribution in [1.29, 1.82) is 0 Å². The second-order valence-electron chi connectivity index (χ2n) is 7.56. The molecule has 5 heteroatoms. The van der Waals surface area contributed by atoms with Crippen molar-refractivity contribution in [3.05, 3.63) is 70.4 Å². The van der Waals surface area contributed by atoms with E-state index in [2.05, 4.69) is 17.1 Å². The van der Waals surface area contributed by atoms with Gasteiger partial charge in [-0.3, -0.25) is 9.59 Å². The van der Waals surface area contributed by atoms with Crippen molar-refractivity contribution in [3.63, 3.8) is 0 Å². The third kappa shape index (κ3) is 3.69. The average molecular weight is 396 g/mol. The number of carboxylic acid groups (broad SMARTS) is 1. The van der Waals surface area contributed by atoms with Crippen molar-refractivity contribution in [2.24, 2.45) is 0 Å². The van der Waals surface area contributed by atoms with Gasteiger partial charge in [0.1, 0.15) is 0 Å². The number of carboxylic acids is 1. The standard InChI is InChI=1S/C23H22ClNO3/c24-17-8-5-15(6-9-17)22(26)12-19(23(27)28)20-13-25-21-10-7-16(11-18(20)21)14-3-1-2-4-14/h5-11,13-14,19,25H,1-4,12H2,(H,27,28). The van der Waals surface area contributed by atoms with Crippen molar-refractivity contribution in [2.75, 3.05) is 0 Å². The van der Waals surface area contributed by atoms with Gasteiger partial charge in [0.2, 0.25) is 0 Å². The number of rotatable bonds is 6. The highest BCUT2D eigenvalue weighted by Crippen LogP contribution is 2.37. The number of carbonyl (C=O) groups excluding carboxylic acids is 1. The Kier molecular flexibility index (Phi) is 5.23. The van der Waals surface area contributed by atoms with Gasteiger partial charge in [-0.25, -0.2) is 0 Å². The molecule has 1 aliphatic rings. The number of Topliss-reactive ketones (excluding diaryl/α,β-unsaturated/α-hetero) is 1. The van der Waals surface area contributed by atoms with E-state index in [0.717, 1.165) is 10.9 Å². The Morgan fingerprint density at radius 1 is 1.11 bits per heavy atom. The van der Waals surface area contributed by atoms with Crippen LogP contribution in [-0.2, 0) is 4.79 Å². The molecule has 2 aromatic carbocycles. The highest BCUT2D eigenvalue weighted by atomic mass is 35.5. The summed E-state index contributed by atoms with van der Waals surface area (Å²) in [5, 5.41) is 11.3. The molecule has 144 valence electrons. The van der Waals surface area contributed by atoms with Crippen LogP contribution in [-0.4, -0.2) is 21.8 Å². The number of hydrogen-bond acceptors (Lipinski definition) is 2. The maximum atomic E-state index is 12.7. The molecule has 4 nitrogen and oxygen atoms in total. The van der Waals surface area contributed by atoms with E-state index in [1.165, 1.54) is 31.2 Å². The number of H-pyrrole nitrogens is 1. The molecule has 1 saturated carbocycles. The van der Waals surface area contributed by atoms with Crippen LogP contribution in [0.3, 0.4) is 0 Å². The van der Waals surface area contributed by atoms with E-state index in [1.807, 2.05) is 6.07 Å². The van der Waals surface area contributed by atoms with Gasteiger partial charge in [0.05, 0.1) is 5.92 Å². The van der Waals surface area contributed by atoms with Crippen LogP contribution in [0.4, 0.5) is 0 Å². The lowest BCUT2D eigenvalue weighted by Gasteiger charge is -2.13. The van der Waals surface area contributed by atoms with Crippen molar-refractivity contribution >= 4 is 34.3 Å². The fourth-order valence-corrected chi connectivity index (χ4v) is 4.36. The van der Waals surface area contributed by atoms with Gasteiger partial charge in [0.25, 0.3) is 0 Å². The summed E-state index contributed by atoms with van der Waals surface area (Å²) in [4.78, 5) is 27.8. The molecule has 3 aromatic rings. The predicted molar refractivity (Wildman–Crippen MR) is 110 cm³/mol. The summed E-state index contributed by atoms with van der Waals surface area (Å²) in [6.07, 6.45) is 6.51. The lowest BCUT2D eigenvalue weighted by Crippen LogP contribution is -2.16. The second-order valence-corrected chi connectivity index (χ2v) is 7.99. The van der Waals surface area contributed by atoms with Crippen LogP contribution in [0.5, 0.6) is 0 Å². The number of benzene rings is 2. The fraction of sp³-hybridized carbons (Fsp3) is 0.304. The lowest BCUT2D eigenvalue weighted by atomic mass is 9.89. The van der Waals surface area contributed by atoms with Gasteiger partial charge in [0.15, 0.2) is 5.78 Å². The van der Waals surface area contributed by atoms with Gasteiger partial charge in [-0.15, -0.1) is 0 Å². The van der Waals surface area contributed by atoms with E-state index < -0.39 is 11.9 Å². The molecule has 0 radical (unpaired) electrons. The SMILES string of the molecule is O=C(CC(C(=O)O)c1c[nH]c2ccc(C3CCCC3)cc12)c1ccc(Cl)cc1. The Bertz CT molecular complexity index is 1020. The average Bonchev–Trinajstić information content (AvgIpc) is 3.36. The largest absolute Gasteiger partial charge is 0.481 e. The summed E-state index contributed by atoms with van der Waals surface area (Å²) >= 11 is 5.88. The zero-order valence-electron chi connectivity index (χ0n) is 15.5. The Morgan fingerprint density at radius 2 is 1.82 bits per heavy atom. The highest BCUT2D eigenvalue weighted by molar-refractivity contribution is 6.30. The van der Waals surface area contributed by atoms with Crippen LogP contribution in [0.2, 0.25) is 5.02 Å². The number of aromatic nitrogens is 1. The normalized spacial score (nSPS) is 15.8. The van der Waals surface area contributed by atoms with Crippen LogP contribution in [0.25, 0.3) is 10.9 Å². The molecular formula is C23H22ClNO3. The smallest absolute Gasteiger partial charge is 0.311 e. The van der Waals surface area contributed by atoms with E-state index >= 15 is 0 Å². The van der Waals surface area contributed by atoms with Crippen LogP contribution >= 0.6 is 11.6 Å². The number of ketones is 1. The molecule has 2 N–H and O–H groups in total. The lowest BCUT2D eigenvalue weighted by molar-refractivity contribution is -0.138. The molecular weight excluding hydrogens is 374 g/mol. The first-order valence-corrected chi connectivity index (χ1v) is 10.0. The molecule has 0 amide bonds. The Hall–Kier alpha value is -2.59. The molecule has 4 rings (SSSR count). The van der Waals surface area contributed by atoms with Crippen molar-refractivity contribution in [3.8, 4) is 0 Å². The Labute approximate surface area is 168 Å². The molecule has 1 heterocycles. The molecule has 1 aliphatic carbocycles. The minimum atomic E-state index is -0.991. The number of halogens is 1. The molecule has 1 atom stereocenters. The van der Waals surface area contributed by atoms with Crippen LogP contribution < -0.4 is 0 Å². The number of aromatic amines is 1. The Balaban J connectivity index is 1.66. The molecule has 0 spiro atoms. The zero-order valence-corrected chi connectivity index (χ0v) is 16.2. The third-order valence-electron chi connectivity index (χ3n) is 5.79. The number of hydrogen-bond donors (Lipinski definition) is 2. The van der Waals surface area contributed by atoms with Crippen molar-refractivity contribution in [2.45, 2.75) is 43.9 Å². The van der Waals surface area contributed by atoms with Gasteiger partial charge >= 0.3 is 5.97 Å². The van der Waals surface area contributed by atoms with Crippen LogP contribution in [0, 0.1) is 0 Å². The molecule has 0 saturated heterocycles. The van der Waals surface area contributed by atoms with E-state index in [1.54, 1.807) is 30.5 Å². The summed E-state index contributed by atoms with van der Waals surface area (Å²) in [5.41, 5.74) is 3.31. The number of aliphatic carboxylic acids is 1. The first-order valence-electron chi connectivity index (χ1n) is 9.65. The van der Waals surface area contributed by atoms with Crippen LogP contribution in [0.1, 0.15) is 65.4 Å². The molecule has 1 aromatic heterocycles. The molecule has 28 heavy (non-hydrogen) atoms. The quantitative estimate of drug-likeness (QED) is 0.509. The summed E-state index contributed by atoms with van der Waals surface area (Å²) in [6.45, 7) is 0.